The van der Waals surface area contributed by atoms with E-state index in [4.69, 9.17) is 4.74 Å². The van der Waals surface area contributed by atoms with Crippen LogP contribution in [0.3, 0.4) is 0 Å². The Labute approximate surface area is 149 Å². The van der Waals surface area contributed by atoms with Gasteiger partial charge in [0.2, 0.25) is 5.91 Å². The zero-order valence-corrected chi connectivity index (χ0v) is 15.0. The molecule has 1 aliphatic carbocycles. The molecule has 2 fully saturated rings. The zero-order chi connectivity index (χ0) is 17.6. The minimum atomic E-state index is -0.159. The van der Waals surface area contributed by atoms with Gasteiger partial charge in [0, 0.05) is 32.2 Å². The molecule has 4 nitrogen and oxygen atoms in total. The van der Waals surface area contributed by atoms with Crippen LogP contribution in [-0.4, -0.2) is 49.7 Å². The van der Waals surface area contributed by atoms with Crippen LogP contribution in [0.2, 0.25) is 0 Å². The van der Waals surface area contributed by atoms with E-state index in [1.165, 1.54) is 18.9 Å². The Balaban J connectivity index is 1.56. The number of nitrogens with one attached hydrogen (secondary N) is 1. The van der Waals surface area contributed by atoms with Gasteiger partial charge < -0.3 is 10.1 Å². The number of piperidine rings is 1. The predicted octanol–water partition coefficient (Wildman–Crippen LogP) is 2.76. The summed E-state index contributed by atoms with van der Waals surface area (Å²) in [5, 5.41) is 3.15. The van der Waals surface area contributed by atoms with Crippen LogP contribution in [0.4, 0.5) is 4.39 Å². The topological polar surface area (TPSA) is 41.6 Å². The average Bonchev–Trinajstić information content (AvgIpc) is 3.10. The first kappa shape index (κ1) is 18.3. The first-order chi connectivity index (χ1) is 12.2. The summed E-state index contributed by atoms with van der Waals surface area (Å²) in [7, 11) is 1.72. The Kier molecular flexibility index (Phi) is 6.43. The van der Waals surface area contributed by atoms with Crippen molar-refractivity contribution >= 4 is 5.91 Å². The third kappa shape index (κ3) is 5.02. The number of methoxy groups -OCH3 is 1. The predicted molar refractivity (Wildman–Crippen MR) is 95.8 cm³/mol. The van der Waals surface area contributed by atoms with E-state index in [0.717, 1.165) is 37.9 Å². The van der Waals surface area contributed by atoms with Crippen LogP contribution in [0, 0.1) is 11.7 Å². The SMILES string of the molecule is CO[C@H]1CCN(CC(=O)NC2CCCC2)C[C@H]1Cc1ccccc1F. The van der Waals surface area contributed by atoms with Crippen molar-refractivity contribution in [2.24, 2.45) is 5.92 Å². The van der Waals surface area contributed by atoms with Crippen LogP contribution in [0.5, 0.6) is 0 Å². The molecule has 138 valence electrons. The number of likely N-dealkylation sites (tertiary alicyclic amines) is 1. The molecule has 2 aliphatic rings. The molecule has 0 spiro atoms. The second-order valence-electron chi connectivity index (χ2n) is 7.40. The van der Waals surface area contributed by atoms with E-state index in [1.807, 2.05) is 12.1 Å². The summed E-state index contributed by atoms with van der Waals surface area (Å²) in [4.78, 5) is 14.5. The van der Waals surface area contributed by atoms with Crippen molar-refractivity contribution in [2.75, 3.05) is 26.7 Å². The van der Waals surface area contributed by atoms with Crippen molar-refractivity contribution in [1.29, 1.82) is 0 Å². The molecule has 0 aromatic heterocycles. The summed E-state index contributed by atoms with van der Waals surface area (Å²) in [5.41, 5.74) is 0.729. The molecule has 25 heavy (non-hydrogen) atoms. The number of hydrogen-bond acceptors (Lipinski definition) is 3. The van der Waals surface area contributed by atoms with Crippen molar-refractivity contribution in [3.8, 4) is 0 Å². The number of ether oxygens (including phenoxy) is 1. The van der Waals surface area contributed by atoms with E-state index in [-0.39, 0.29) is 23.7 Å². The molecule has 0 bridgehead atoms. The van der Waals surface area contributed by atoms with Crippen molar-refractivity contribution in [3.63, 3.8) is 0 Å². The third-order valence-electron chi connectivity index (χ3n) is 5.58. The van der Waals surface area contributed by atoms with E-state index in [9.17, 15) is 9.18 Å². The molecule has 1 aromatic carbocycles. The van der Waals surface area contributed by atoms with Crippen LogP contribution in [0.25, 0.3) is 0 Å². The number of carbonyl (C=O) groups excluding carboxylic acids is 1. The summed E-state index contributed by atoms with van der Waals surface area (Å²) in [5.74, 6) is 0.163. The molecule has 1 saturated heterocycles. The summed E-state index contributed by atoms with van der Waals surface area (Å²) in [6.07, 6.45) is 6.29. The van der Waals surface area contributed by atoms with E-state index < -0.39 is 0 Å². The first-order valence-electron chi connectivity index (χ1n) is 9.43. The normalized spacial score (nSPS) is 25.2. The van der Waals surface area contributed by atoms with Crippen LogP contribution >= 0.6 is 0 Å². The molecule has 1 N–H and O–H groups in total. The number of benzene rings is 1. The Bertz CT molecular complexity index is 575. The molecule has 5 heteroatoms. The summed E-state index contributed by atoms with van der Waals surface area (Å²) in [6, 6.07) is 7.29. The van der Waals surface area contributed by atoms with Gasteiger partial charge in [0.1, 0.15) is 5.82 Å². The van der Waals surface area contributed by atoms with Crippen molar-refractivity contribution in [2.45, 2.75) is 50.7 Å². The molecule has 1 saturated carbocycles. The summed E-state index contributed by atoms with van der Waals surface area (Å²) < 4.78 is 19.6. The van der Waals surface area contributed by atoms with Gasteiger partial charge in [-0.2, -0.15) is 0 Å². The second kappa shape index (κ2) is 8.77. The molecule has 0 radical (unpaired) electrons. The lowest BCUT2D eigenvalue weighted by Gasteiger charge is -2.37. The highest BCUT2D eigenvalue weighted by Crippen LogP contribution is 2.25. The highest BCUT2D eigenvalue weighted by molar-refractivity contribution is 5.78. The molecule has 0 unspecified atom stereocenters. The van der Waals surface area contributed by atoms with Gasteiger partial charge in [-0.25, -0.2) is 4.39 Å². The molecule has 3 rings (SSSR count). The van der Waals surface area contributed by atoms with Gasteiger partial charge in [-0.1, -0.05) is 31.0 Å². The van der Waals surface area contributed by atoms with Crippen molar-refractivity contribution in [3.05, 3.63) is 35.6 Å². The molecular formula is C20H29FN2O2. The summed E-state index contributed by atoms with van der Waals surface area (Å²) >= 11 is 0. The maximum Gasteiger partial charge on any atom is 0.234 e. The quantitative estimate of drug-likeness (QED) is 0.859. The lowest BCUT2D eigenvalue weighted by molar-refractivity contribution is -0.124. The number of rotatable bonds is 6. The lowest BCUT2D eigenvalue weighted by Crippen LogP contribution is -2.49. The lowest BCUT2D eigenvalue weighted by atomic mass is 9.88. The fourth-order valence-electron chi connectivity index (χ4n) is 4.23. The Hall–Kier alpha value is -1.46. The van der Waals surface area contributed by atoms with Crippen LogP contribution in [0.15, 0.2) is 24.3 Å². The van der Waals surface area contributed by atoms with Gasteiger partial charge in [0.05, 0.1) is 12.6 Å². The number of halogens is 1. The number of nitrogens with zero attached hydrogens (tertiary/aromatic N) is 1. The molecular weight excluding hydrogens is 319 g/mol. The van der Waals surface area contributed by atoms with Crippen molar-refractivity contribution < 1.29 is 13.9 Å². The number of hydrogen-bond donors (Lipinski definition) is 1. The smallest absolute Gasteiger partial charge is 0.234 e. The van der Waals surface area contributed by atoms with E-state index >= 15 is 0 Å². The maximum atomic E-state index is 14.0. The Morgan fingerprint density at radius 2 is 2.04 bits per heavy atom. The van der Waals surface area contributed by atoms with E-state index in [2.05, 4.69) is 10.2 Å². The second-order valence-corrected chi connectivity index (χ2v) is 7.40. The molecule has 1 aliphatic heterocycles. The fourth-order valence-corrected chi connectivity index (χ4v) is 4.23. The van der Waals surface area contributed by atoms with Crippen LogP contribution in [0.1, 0.15) is 37.7 Å². The van der Waals surface area contributed by atoms with Crippen LogP contribution in [-0.2, 0) is 16.0 Å². The maximum absolute atomic E-state index is 14.0. The van der Waals surface area contributed by atoms with Gasteiger partial charge >= 0.3 is 0 Å². The van der Waals surface area contributed by atoms with Crippen LogP contribution < -0.4 is 5.32 Å². The third-order valence-corrected chi connectivity index (χ3v) is 5.58. The highest BCUT2D eigenvalue weighted by Gasteiger charge is 2.31. The molecule has 1 aromatic rings. The largest absolute Gasteiger partial charge is 0.381 e. The Morgan fingerprint density at radius 1 is 1.28 bits per heavy atom. The highest BCUT2D eigenvalue weighted by atomic mass is 19.1. The van der Waals surface area contributed by atoms with Gasteiger partial charge in [0.15, 0.2) is 0 Å². The van der Waals surface area contributed by atoms with Gasteiger partial charge in [-0.05, 0) is 37.3 Å². The zero-order valence-electron chi connectivity index (χ0n) is 15.0. The first-order valence-corrected chi connectivity index (χ1v) is 9.43. The monoisotopic (exact) mass is 348 g/mol. The van der Waals surface area contributed by atoms with E-state index in [1.54, 1.807) is 13.2 Å². The minimum absolute atomic E-state index is 0.118. The van der Waals surface area contributed by atoms with Gasteiger partial charge in [-0.3, -0.25) is 9.69 Å². The van der Waals surface area contributed by atoms with Gasteiger partial charge in [-0.15, -0.1) is 0 Å². The number of amides is 1. The standard InChI is InChI=1S/C20H29FN2O2/c1-25-19-10-11-23(14-20(24)22-17-7-3-4-8-17)13-16(19)12-15-6-2-5-9-18(15)21/h2,5-6,9,16-17,19H,3-4,7-8,10-14H2,1H3,(H,22,24)/t16-,19+/m1/s1. The van der Waals surface area contributed by atoms with Gasteiger partial charge in [0.25, 0.3) is 0 Å². The minimum Gasteiger partial charge on any atom is -0.381 e. The number of carbonyl (C=O) groups is 1. The summed E-state index contributed by atoms with van der Waals surface area (Å²) in [6.45, 7) is 2.05. The average molecular weight is 348 g/mol. The van der Waals surface area contributed by atoms with E-state index in [0.29, 0.717) is 19.0 Å². The molecule has 1 heterocycles. The molecule has 1 amide bonds. The van der Waals surface area contributed by atoms with Crippen molar-refractivity contribution in [1.82, 2.24) is 10.2 Å². The fraction of sp³-hybridized carbons (Fsp3) is 0.650. The Morgan fingerprint density at radius 3 is 2.76 bits per heavy atom. The molecule has 2 atom stereocenters.